The Labute approximate surface area is 120 Å². The summed E-state index contributed by atoms with van der Waals surface area (Å²) in [6.07, 6.45) is 5.78. The van der Waals surface area contributed by atoms with Crippen LogP contribution in [0.15, 0.2) is 18.5 Å². The molecule has 0 radical (unpaired) electrons. The highest BCUT2D eigenvalue weighted by atomic mass is 35.5. The predicted octanol–water partition coefficient (Wildman–Crippen LogP) is 3.48. The Morgan fingerprint density at radius 3 is 2.79 bits per heavy atom. The highest BCUT2D eigenvalue weighted by Gasteiger charge is 2.20. The molecular formula is C15H23ClN2O. The van der Waals surface area contributed by atoms with Crippen molar-refractivity contribution < 1.29 is 4.74 Å². The lowest BCUT2D eigenvalue weighted by Gasteiger charge is -2.32. The van der Waals surface area contributed by atoms with Gasteiger partial charge >= 0.3 is 0 Å². The van der Waals surface area contributed by atoms with E-state index < -0.39 is 0 Å². The fourth-order valence-electron chi connectivity index (χ4n) is 2.54. The van der Waals surface area contributed by atoms with Crippen LogP contribution in [0.25, 0.3) is 0 Å². The third-order valence-electron chi connectivity index (χ3n) is 3.54. The molecule has 19 heavy (non-hydrogen) atoms. The van der Waals surface area contributed by atoms with Crippen molar-refractivity contribution in [2.45, 2.75) is 26.7 Å². The second-order valence-electron chi connectivity index (χ2n) is 5.75. The van der Waals surface area contributed by atoms with E-state index >= 15 is 0 Å². The number of piperidine rings is 1. The van der Waals surface area contributed by atoms with Gasteiger partial charge < -0.3 is 9.64 Å². The van der Waals surface area contributed by atoms with Gasteiger partial charge in [-0.25, -0.2) is 0 Å². The number of aromatic nitrogens is 1. The maximum atomic E-state index is 6.03. The van der Waals surface area contributed by atoms with Crippen molar-refractivity contribution >= 4 is 11.6 Å². The van der Waals surface area contributed by atoms with E-state index in [0.717, 1.165) is 18.3 Å². The maximum Gasteiger partial charge on any atom is 0.141 e. The highest BCUT2D eigenvalue weighted by Crippen LogP contribution is 2.24. The van der Waals surface area contributed by atoms with Gasteiger partial charge in [-0.2, -0.15) is 0 Å². The summed E-state index contributed by atoms with van der Waals surface area (Å²) in [6, 6.07) is 1.83. The van der Waals surface area contributed by atoms with Gasteiger partial charge in [0, 0.05) is 25.0 Å². The Bertz CT molecular complexity index is 389. The van der Waals surface area contributed by atoms with Crippen LogP contribution in [0.4, 0.5) is 0 Å². The van der Waals surface area contributed by atoms with Gasteiger partial charge in [0.1, 0.15) is 10.8 Å². The third-order valence-corrected chi connectivity index (χ3v) is 3.82. The van der Waals surface area contributed by atoms with E-state index in [9.17, 15) is 0 Å². The smallest absolute Gasteiger partial charge is 0.141 e. The summed E-state index contributed by atoms with van der Waals surface area (Å²) in [5, 5.41) is 0.597. The van der Waals surface area contributed by atoms with Gasteiger partial charge in [-0.05, 0) is 37.8 Å². The number of likely N-dealkylation sites (tertiary alicyclic amines) is 1. The molecule has 0 aliphatic carbocycles. The zero-order chi connectivity index (χ0) is 13.7. The van der Waals surface area contributed by atoms with Gasteiger partial charge in [-0.1, -0.05) is 25.4 Å². The molecule has 0 aromatic carbocycles. The maximum absolute atomic E-state index is 6.03. The van der Waals surface area contributed by atoms with Crippen LogP contribution in [-0.4, -0.2) is 36.1 Å². The monoisotopic (exact) mass is 282 g/mol. The van der Waals surface area contributed by atoms with Crippen molar-refractivity contribution in [3.8, 4) is 5.75 Å². The quantitative estimate of drug-likeness (QED) is 0.827. The van der Waals surface area contributed by atoms with Crippen LogP contribution in [0.5, 0.6) is 5.75 Å². The van der Waals surface area contributed by atoms with Crippen LogP contribution < -0.4 is 4.74 Å². The third kappa shape index (κ3) is 4.66. The summed E-state index contributed by atoms with van der Waals surface area (Å²) in [5.74, 6) is 2.15. The zero-order valence-electron chi connectivity index (χ0n) is 11.8. The molecule has 1 aromatic heterocycles. The van der Waals surface area contributed by atoms with Gasteiger partial charge in [-0.15, -0.1) is 0 Å². The standard InChI is InChI=1S/C15H23ClN2O/c1-12(2)10-18-7-4-13(5-8-18)11-19-15-3-6-17-9-14(15)16/h3,6,9,12-13H,4-5,7-8,10-11H2,1-2H3. The molecule has 1 fully saturated rings. The molecule has 0 bridgehead atoms. The van der Waals surface area contributed by atoms with E-state index in [-0.39, 0.29) is 0 Å². The van der Waals surface area contributed by atoms with Gasteiger partial charge in [-0.3, -0.25) is 4.98 Å². The van der Waals surface area contributed by atoms with Crippen molar-refractivity contribution in [1.82, 2.24) is 9.88 Å². The lowest BCUT2D eigenvalue weighted by molar-refractivity contribution is 0.132. The molecule has 0 atom stereocenters. The Kier molecular flexibility index (Phi) is 5.46. The van der Waals surface area contributed by atoms with E-state index in [0.29, 0.717) is 10.9 Å². The molecule has 1 aliphatic heterocycles. The molecule has 4 heteroatoms. The first-order valence-electron chi connectivity index (χ1n) is 7.10. The zero-order valence-corrected chi connectivity index (χ0v) is 12.6. The van der Waals surface area contributed by atoms with Crippen molar-refractivity contribution in [1.29, 1.82) is 0 Å². The Hall–Kier alpha value is -0.800. The van der Waals surface area contributed by atoms with E-state index in [2.05, 4.69) is 23.7 Å². The Morgan fingerprint density at radius 2 is 2.16 bits per heavy atom. The normalized spacial score (nSPS) is 17.9. The highest BCUT2D eigenvalue weighted by molar-refractivity contribution is 6.31. The van der Waals surface area contributed by atoms with Crippen molar-refractivity contribution in [2.24, 2.45) is 11.8 Å². The van der Waals surface area contributed by atoms with Crippen LogP contribution in [0.3, 0.4) is 0 Å². The second-order valence-corrected chi connectivity index (χ2v) is 6.16. The van der Waals surface area contributed by atoms with Crippen molar-refractivity contribution in [3.05, 3.63) is 23.5 Å². The molecule has 0 amide bonds. The van der Waals surface area contributed by atoms with E-state index in [4.69, 9.17) is 16.3 Å². The second kappa shape index (κ2) is 7.11. The van der Waals surface area contributed by atoms with Gasteiger partial charge in [0.2, 0.25) is 0 Å². The summed E-state index contributed by atoms with van der Waals surface area (Å²) < 4.78 is 5.80. The molecule has 0 saturated carbocycles. The number of pyridine rings is 1. The van der Waals surface area contributed by atoms with Crippen molar-refractivity contribution in [2.75, 3.05) is 26.2 Å². The number of halogens is 1. The summed E-state index contributed by atoms with van der Waals surface area (Å²) in [5.41, 5.74) is 0. The number of rotatable bonds is 5. The van der Waals surface area contributed by atoms with Gasteiger partial charge in [0.25, 0.3) is 0 Å². The van der Waals surface area contributed by atoms with Gasteiger partial charge in [0.15, 0.2) is 0 Å². The van der Waals surface area contributed by atoms with Crippen LogP contribution in [0, 0.1) is 11.8 Å². The fraction of sp³-hybridized carbons (Fsp3) is 0.667. The Morgan fingerprint density at radius 1 is 1.42 bits per heavy atom. The SMILES string of the molecule is CC(C)CN1CCC(COc2ccncc2Cl)CC1. The molecule has 2 rings (SSSR count). The fourth-order valence-corrected chi connectivity index (χ4v) is 2.71. The first-order valence-corrected chi connectivity index (χ1v) is 7.47. The summed E-state index contributed by atoms with van der Waals surface area (Å²) in [7, 11) is 0. The molecule has 2 heterocycles. The van der Waals surface area contributed by atoms with Crippen molar-refractivity contribution in [3.63, 3.8) is 0 Å². The van der Waals surface area contributed by atoms with E-state index in [1.165, 1.54) is 32.5 Å². The van der Waals surface area contributed by atoms with Crippen LogP contribution >= 0.6 is 11.6 Å². The molecule has 1 saturated heterocycles. The van der Waals surface area contributed by atoms with E-state index in [1.807, 2.05) is 6.07 Å². The molecule has 106 valence electrons. The first kappa shape index (κ1) is 14.6. The summed E-state index contributed by atoms with van der Waals surface area (Å²) >= 11 is 6.03. The largest absolute Gasteiger partial charge is 0.492 e. The van der Waals surface area contributed by atoms with E-state index in [1.54, 1.807) is 12.4 Å². The summed E-state index contributed by atoms with van der Waals surface area (Å²) in [6.45, 7) is 8.91. The number of hydrogen-bond acceptors (Lipinski definition) is 3. The minimum absolute atomic E-state index is 0.597. The van der Waals surface area contributed by atoms with Crippen LogP contribution in [-0.2, 0) is 0 Å². The number of nitrogens with zero attached hydrogens (tertiary/aromatic N) is 2. The lowest BCUT2D eigenvalue weighted by atomic mass is 9.97. The predicted molar refractivity (Wildman–Crippen MR) is 78.7 cm³/mol. The average Bonchev–Trinajstić information content (AvgIpc) is 2.39. The van der Waals surface area contributed by atoms with Gasteiger partial charge in [0.05, 0.1) is 6.61 Å². The topological polar surface area (TPSA) is 25.4 Å². The Balaban J connectivity index is 1.73. The molecule has 0 N–H and O–H groups in total. The molecular weight excluding hydrogens is 260 g/mol. The minimum Gasteiger partial charge on any atom is -0.492 e. The lowest BCUT2D eigenvalue weighted by Crippen LogP contribution is -2.37. The molecule has 3 nitrogen and oxygen atoms in total. The molecule has 1 aromatic rings. The first-order chi connectivity index (χ1) is 9.15. The molecule has 0 unspecified atom stereocenters. The average molecular weight is 283 g/mol. The number of hydrogen-bond donors (Lipinski definition) is 0. The van der Waals surface area contributed by atoms with Crippen LogP contribution in [0.1, 0.15) is 26.7 Å². The molecule has 0 spiro atoms. The van der Waals surface area contributed by atoms with Crippen LogP contribution in [0.2, 0.25) is 5.02 Å². The number of ether oxygens (including phenoxy) is 1. The summed E-state index contributed by atoms with van der Waals surface area (Å²) in [4.78, 5) is 6.51. The molecule has 1 aliphatic rings. The minimum atomic E-state index is 0.597.